The van der Waals surface area contributed by atoms with Crippen LogP contribution in [-0.2, 0) is 9.47 Å². The monoisotopic (exact) mass is 415 g/mol. The Morgan fingerprint density at radius 1 is 1.27 bits per heavy atom. The Morgan fingerprint density at radius 2 is 2.07 bits per heavy atom. The Kier molecular flexibility index (Phi) is 5.96. The molecule has 2 heterocycles. The lowest BCUT2D eigenvalue weighted by atomic mass is 9.56. The van der Waals surface area contributed by atoms with E-state index in [1.807, 2.05) is 12.1 Å². The van der Waals surface area contributed by atoms with Crippen LogP contribution in [0.5, 0.6) is 11.5 Å². The summed E-state index contributed by atoms with van der Waals surface area (Å²) < 4.78 is 23.2. The fraction of sp³-hybridized carbons (Fsp3) is 0.625. The fourth-order valence-corrected chi connectivity index (χ4v) is 5.27. The number of alkyl carbamates (subject to hydrolysis) is 1. The first-order valence-electron chi connectivity index (χ1n) is 11.1. The van der Waals surface area contributed by atoms with Gasteiger partial charge in [0.25, 0.3) is 0 Å². The van der Waals surface area contributed by atoms with E-state index in [2.05, 4.69) is 45.2 Å². The molecule has 0 unspecified atom stereocenters. The van der Waals surface area contributed by atoms with Crippen LogP contribution in [0.4, 0.5) is 4.79 Å². The van der Waals surface area contributed by atoms with Crippen molar-refractivity contribution < 1.29 is 23.7 Å². The van der Waals surface area contributed by atoms with Gasteiger partial charge in [0.05, 0.1) is 12.7 Å². The second-order valence-corrected chi connectivity index (χ2v) is 8.95. The molecule has 3 aliphatic rings. The number of fused-ring (bicyclic) bond motifs is 3. The highest BCUT2D eigenvalue weighted by atomic mass is 16.7. The molecule has 4 rings (SSSR count). The maximum Gasteiger partial charge on any atom is 0.407 e. The summed E-state index contributed by atoms with van der Waals surface area (Å²) >= 11 is 0. The van der Waals surface area contributed by atoms with Gasteiger partial charge in [0.15, 0.2) is 11.5 Å². The van der Waals surface area contributed by atoms with E-state index in [0.29, 0.717) is 25.7 Å². The van der Waals surface area contributed by atoms with Gasteiger partial charge in [-0.25, -0.2) is 4.79 Å². The molecule has 0 radical (unpaired) electrons. The molecule has 1 aromatic carbocycles. The topological polar surface area (TPSA) is 66.0 Å². The SMILES string of the molecule is CCCCNC(=O)OC[C@]12CO[C@@H](c3ccc4c(c3)OCO4)[C@@H](C(C)=C[C@@H]1C)[C@H]2C. The van der Waals surface area contributed by atoms with Crippen molar-refractivity contribution in [3.8, 4) is 11.5 Å². The number of nitrogens with one attached hydrogen (secondary N) is 1. The summed E-state index contributed by atoms with van der Waals surface area (Å²) in [4.78, 5) is 12.2. The van der Waals surface area contributed by atoms with E-state index < -0.39 is 0 Å². The Bertz CT molecular complexity index is 822. The third-order valence-corrected chi connectivity index (χ3v) is 7.25. The molecule has 6 heteroatoms. The molecule has 2 aliphatic heterocycles. The molecular weight excluding hydrogens is 382 g/mol. The average molecular weight is 416 g/mol. The number of benzene rings is 1. The second kappa shape index (κ2) is 8.50. The zero-order chi connectivity index (χ0) is 21.3. The first-order valence-corrected chi connectivity index (χ1v) is 11.1. The van der Waals surface area contributed by atoms with Crippen LogP contribution >= 0.6 is 0 Å². The van der Waals surface area contributed by atoms with E-state index in [4.69, 9.17) is 18.9 Å². The Morgan fingerprint density at radius 3 is 2.87 bits per heavy atom. The summed E-state index contributed by atoms with van der Waals surface area (Å²) in [5.41, 5.74) is 2.21. The number of hydrogen-bond acceptors (Lipinski definition) is 5. The minimum absolute atomic E-state index is 0.0512. The number of allylic oxidation sites excluding steroid dienone is 1. The van der Waals surface area contributed by atoms with Crippen LogP contribution in [0.15, 0.2) is 29.8 Å². The number of rotatable bonds is 6. The summed E-state index contributed by atoms with van der Waals surface area (Å²) in [6, 6.07) is 6.07. The summed E-state index contributed by atoms with van der Waals surface area (Å²) in [5.74, 6) is 2.36. The van der Waals surface area contributed by atoms with Gasteiger partial charge in [-0.2, -0.15) is 0 Å². The van der Waals surface area contributed by atoms with Crippen LogP contribution in [-0.4, -0.2) is 32.6 Å². The lowest BCUT2D eigenvalue weighted by molar-refractivity contribution is -0.165. The Hall–Kier alpha value is -2.21. The van der Waals surface area contributed by atoms with Gasteiger partial charge in [0.1, 0.15) is 6.61 Å². The van der Waals surface area contributed by atoms with E-state index in [1.165, 1.54) is 5.57 Å². The van der Waals surface area contributed by atoms with Gasteiger partial charge in [-0.15, -0.1) is 0 Å². The smallest absolute Gasteiger partial charge is 0.407 e. The van der Waals surface area contributed by atoms with Crippen molar-refractivity contribution in [2.45, 2.75) is 46.6 Å². The predicted molar refractivity (Wildman–Crippen MR) is 114 cm³/mol. The maximum atomic E-state index is 12.2. The molecule has 6 nitrogen and oxygen atoms in total. The second-order valence-electron chi connectivity index (χ2n) is 8.95. The number of carbonyl (C=O) groups excluding carboxylic acids is 1. The van der Waals surface area contributed by atoms with Crippen LogP contribution in [0.3, 0.4) is 0 Å². The van der Waals surface area contributed by atoms with E-state index in [-0.39, 0.29) is 36.2 Å². The number of amides is 1. The summed E-state index contributed by atoms with van der Waals surface area (Å²) in [7, 11) is 0. The lowest BCUT2D eigenvalue weighted by Crippen LogP contribution is -2.54. The molecule has 164 valence electrons. The van der Waals surface area contributed by atoms with Crippen molar-refractivity contribution in [3.05, 3.63) is 35.4 Å². The highest BCUT2D eigenvalue weighted by Gasteiger charge is 2.54. The molecule has 1 N–H and O–H groups in total. The molecule has 30 heavy (non-hydrogen) atoms. The van der Waals surface area contributed by atoms with Gasteiger partial charge in [-0.1, -0.05) is 44.9 Å². The van der Waals surface area contributed by atoms with E-state index >= 15 is 0 Å². The summed E-state index contributed by atoms with van der Waals surface area (Å²) in [5, 5.41) is 2.85. The molecule has 0 aromatic heterocycles. The van der Waals surface area contributed by atoms with Crippen molar-refractivity contribution in [3.63, 3.8) is 0 Å². The number of ether oxygens (including phenoxy) is 4. The van der Waals surface area contributed by atoms with E-state index in [1.54, 1.807) is 0 Å². The first kappa shape index (κ1) is 21.0. The largest absolute Gasteiger partial charge is 0.454 e. The van der Waals surface area contributed by atoms with Crippen LogP contribution in [0.2, 0.25) is 0 Å². The lowest BCUT2D eigenvalue weighted by Gasteiger charge is -2.55. The molecule has 1 fully saturated rings. The standard InChI is InChI=1S/C24H33NO5/c1-5-6-9-25-23(26)28-13-24-12-27-22(21(17(24)4)15(2)10-16(24)3)18-7-8-19-20(11-18)30-14-29-19/h7-8,10-11,16-17,21-22H,5-6,9,12-14H2,1-4H3,(H,25,26)/t16-,17+,21-,22-,24+/m0/s1. The molecule has 5 atom stereocenters. The Balaban J connectivity index is 1.52. The van der Waals surface area contributed by atoms with Crippen molar-refractivity contribution in [1.82, 2.24) is 5.32 Å². The Labute approximate surface area is 178 Å². The highest BCUT2D eigenvalue weighted by molar-refractivity contribution is 5.67. The van der Waals surface area contributed by atoms with Crippen LogP contribution in [0.1, 0.15) is 52.2 Å². The van der Waals surface area contributed by atoms with Crippen LogP contribution < -0.4 is 14.8 Å². The number of carbonyl (C=O) groups is 1. The fourth-order valence-electron chi connectivity index (χ4n) is 5.27. The van der Waals surface area contributed by atoms with Gasteiger partial charge in [0.2, 0.25) is 6.79 Å². The average Bonchev–Trinajstić information content (AvgIpc) is 3.19. The molecule has 1 aliphatic carbocycles. The first-order chi connectivity index (χ1) is 14.5. The zero-order valence-corrected chi connectivity index (χ0v) is 18.4. The van der Waals surface area contributed by atoms with E-state index in [9.17, 15) is 4.79 Å². The predicted octanol–water partition coefficient (Wildman–Crippen LogP) is 4.85. The third-order valence-electron chi connectivity index (χ3n) is 7.25. The van der Waals surface area contributed by atoms with Crippen LogP contribution in [0, 0.1) is 23.2 Å². The highest BCUT2D eigenvalue weighted by Crippen LogP contribution is 2.56. The molecule has 0 saturated carbocycles. The molecule has 1 amide bonds. The van der Waals surface area contributed by atoms with Gasteiger partial charge < -0.3 is 24.3 Å². The minimum atomic E-state index is -0.335. The molecule has 0 spiro atoms. The minimum Gasteiger partial charge on any atom is -0.454 e. The van der Waals surface area contributed by atoms with Crippen molar-refractivity contribution >= 4 is 6.09 Å². The maximum absolute atomic E-state index is 12.2. The summed E-state index contributed by atoms with van der Waals surface area (Å²) in [6.07, 6.45) is 3.95. The molecule has 1 aromatic rings. The van der Waals surface area contributed by atoms with Gasteiger partial charge in [0, 0.05) is 17.9 Å². The normalized spacial score (nSPS) is 31.8. The molecule has 2 bridgehead atoms. The van der Waals surface area contributed by atoms with Gasteiger partial charge in [-0.05, 0) is 42.9 Å². The zero-order valence-electron chi connectivity index (χ0n) is 18.4. The van der Waals surface area contributed by atoms with Gasteiger partial charge >= 0.3 is 6.09 Å². The quantitative estimate of drug-likeness (QED) is 0.532. The van der Waals surface area contributed by atoms with Crippen molar-refractivity contribution in [2.75, 3.05) is 26.6 Å². The summed E-state index contributed by atoms with van der Waals surface area (Å²) in [6.45, 7) is 10.6. The number of unbranched alkanes of at least 4 members (excludes halogenated alkanes) is 1. The number of hydrogen-bond donors (Lipinski definition) is 1. The van der Waals surface area contributed by atoms with Crippen molar-refractivity contribution in [2.24, 2.45) is 23.2 Å². The van der Waals surface area contributed by atoms with Gasteiger partial charge in [-0.3, -0.25) is 0 Å². The van der Waals surface area contributed by atoms with E-state index in [0.717, 1.165) is 29.9 Å². The van der Waals surface area contributed by atoms with Crippen molar-refractivity contribution in [1.29, 1.82) is 0 Å². The molecule has 1 saturated heterocycles. The molecular formula is C24H33NO5. The van der Waals surface area contributed by atoms with Crippen LogP contribution in [0.25, 0.3) is 0 Å². The third kappa shape index (κ3) is 3.66.